The lowest BCUT2D eigenvalue weighted by Crippen LogP contribution is -2.12. The van der Waals surface area contributed by atoms with E-state index >= 15 is 0 Å². The van der Waals surface area contributed by atoms with Gasteiger partial charge in [0.2, 0.25) is 0 Å². The molecule has 32 heavy (non-hydrogen) atoms. The van der Waals surface area contributed by atoms with Crippen LogP contribution in [0.4, 0.5) is 0 Å². The minimum absolute atomic E-state index is 0.214. The molecular formula is C29H39NO2. The molecule has 0 aliphatic heterocycles. The maximum absolute atomic E-state index is 12.4. The normalized spacial score (nSPS) is 11.5. The Balaban J connectivity index is 1.27. The molecule has 0 radical (unpaired) electrons. The molecule has 0 atom stereocenters. The zero-order valence-corrected chi connectivity index (χ0v) is 19.9. The summed E-state index contributed by atoms with van der Waals surface area (Å²) >= 11 is 0. The van der Waals surface area contributed by atoms with Crippen molar-refractivity contribution in [1.82, 2.24) is 4.90 Å². The second kappa shape index (κ2) is 13.2. The Hall–Kier alpha value is -2.39. The van der Waals surface area contributed by atoms with Crippen molar-refractivity contribution in [2.45, 2.75) is 64.2 Å². The molecule has 3 heteroatoms. The Bertz CT molecular complexity index is 979. The van der Waals surface area contributed by atoms with Crippen LogP contribution in [0.1, 0.15) is 74.6 Å². The maximum atomic E-state index is 12.4. The highest BCUT2D eigenvalue weighted by atomic mass is 16.5. The van der Waals surface area contributed by atoms with Gasteiger partial charge in [-0.1, -0.05) is 81.7 Å². The van der Waals surface area contributed by atoms with Crippen LogP contribution in [0.25, 0.3) is 21.5 Å². The Kier molecular flexibility index (Phi) is 10.0. The third kappa shape index (κ3) is 7.94. The average Bonchev–Trinajstić information content (AvgIpc) is 2.80. The van der Waals surface area contributed by atoms with Crippen LogP contribution in [0.2, 0.25) is 0 Å². The second-order valence-corrected chi connectivity index (χ2v) is 9.24. The Morgan fingerprint density at radius 3 is 1.81 bits per heavy atom. The molecule has 0 heterocycles. The van der Waals surface area contributed by atoms with Crippen LogP contribution in [-0.2, 0) is 4.74 Å². The number of esters is 1. The molecule has 172 valence electrons. The van der Waals surface area contributed by atoms with Gasteiger partial charge in [-0.3, -0.25) is 0 Å². The summed E-state index contributed by atoms with van der Waals surface area (Å²) in [4.78, 5) is 14.7. The molecule has 0 saturated heterocycles. The molecule has 3 aromatic rings. The van der Waals surface area contributed by atoms with Crippen molar-refractivity contribution in [2.24, 2.45) is 0 Å². The zero-order valence-electron chi connectivity index (χ0n) is 19.9. The van der Waals surface area contributed by atoms with Crippen LogP contribution in [0.3, 0.4) is 0 Å². The van der Waals surface area contributed by atoms with Crippen molar-refractivity contribution < 1.29 is 9.53 Å². The lowest BCUT2D eigenvalue weighted by molar-refractivity contribution is 0.0498. The largest absolute Gasteiger partial charge is 0.462 e. The monoisotopic (exact) mass is 433 g/mol. The highest BCUT2D eigenvalue weighted by molar-refractivity contribution is 6.01. The van der Waals surface area contributed by atoms with Gasteiger partial charge in [0.05, 0.1) is 12.2 Å². The molecule has 0 bridgehead atoms. The molecule has 0 unspecified atom stereocenters. The van der Waals surface area contributed by atoms with Gasteiger partial charge in [-0.05, 0) is 79.3 Å². The van der Waals surface area contributed by atoms with Gasteiger partial charge in [0.1, 0.15) is 0 Å². The first kappa shape index (κ1) is 24.3. The molecule has 0 aliphatic rings. The molecule has 0 saturated carbocycles. The Labute approximate surface area is 193 Å². The number of nitrogens with zero attached hydrogens (tertiary/aromatic N) is 1. The molecule has 3 nitrogen and oxygen atoms in total. The summed E-state index contributed by atoms with van der Waals surface area (Å²) in [6.45, 7) is 1.73. The number of hydrogen-bond donors (Lipinski definition) is 0. The third-order valence-electron chi connectivity index (χ3n) is 6.17. The number of benzene rings is 3. The standard InChI is InChI=1S/C29H39NO2/c1-30(2)19-13-9-7-5-3-4-6-8-10-14-20-32-29(31)27-18-17-26-21-24-15-11-12-16-25(24)22-28(26)23-27/h11-12,15-18,21-23H,3-10,13-14,19-20H2,1-2H3. The Morgan fingerprint density at radius 1 is 0.656 bits per heavy atom. The van der Waals surface area contributed by atoms with Gasteiger partial charge in [-0.15, -0.1) is 0 Å². The summed E-state index contributed by atoms with van der Waals surface area (Å²) in [5.41, 5.74) is 0.637. The molecule has 0 aliphatic carbocycles. The zero-order chi connectivity index (χ0) is 22.6. The smallest absolute Gasteiger partial charge is 0.338 e. The Morgan fingerprint density at radius 2 is 1.19 bits per heavy atom. The molecule has 3 rings (SSSR count). The SMILES string of the molecule is CN(C)CCCCCCCCCCCCOC(=O)c1ccc2cc3ccccc3cc2c1. The van der Waals surface area contributed by atoms with Crippen LogP contribution in [0.5, 0.6) is 0 Å². The summed E-state index contributed by atoms with van der Waals surface area (Å²) in [6, 6.07) is 18.5. The highest BCUT2D eigenvalue weighted by Crippen LogP contribution is 2.24. The van der Waals surface area contributed by atoms with Gasteiger partial charge in [0.25, 0.3) is 0 Å². The van der Waals surface area contributed by atoms with Crippen LogP contribution in [0.15, 0.2) is 54.6 Å². The average molecular weight is 434 g/mol. The number of carbonyl (C=O) groups is 1. The minimum Gasteiger partial charge on any atom is -0.462 e. The van der Waals surface area contributed by atoms with E-state index in [4.69, 9.17) is 4.74 Å². The van der Waals surface area contributed by atoms with Crippen molar-refractivity contribution in [1.29, 1.82) is 0 Å². The van der Waals surface area contributed by atoms with Crippen LogP contribution < -0.4 is 0 Å². The lowest BCUT2D eigenvalue weighted by atomic mass is 10.0. The summed E-state index contributed by atoms with van der Waals surface area (Å²) in [7, 11) is 4.29. The summed E-state index contributed by atoms with van der Waals surface area (Å²) in [5, 5.41) is 4.63. The fourth-order valence-corrected chi connectivity index (χ4v) is 4.26. The van der Waals surface area contributed by atoms with Crippen molar-refractivity contribution >= 4 is 27.5 Å². The van der Waals surface area contributed by atoms with Gasteiger partial charge in [-0.2, -0.15) is 0 Å². The number of unbranched alkanes of at least 4 members (excludes halogenated alkanes) is 9. The molecular weight excluding hydrogens is 394 g/mol. The third-order valence-corrected chi connectivity index (χ3v) is 6.17. The topological polar surface area (TPSA) is 29.5 Å². The number of rotatable bonds is 14. The van der Waals surface area contributed by atoms with E-state index in [1.54, 1.807) is 0 Å². The van der Waals surface area contributed by atoms with E-state index in [0.717, 1.165) is 23.6 Å². The number of hydrogen-bond acceptors (Lipinski definition) is 3. The maximum Gasteiger partial charge on any atom is 0.338 e. The quantitative estimate of drug-likeness (QED) is 0.149. The first-order valence-corrected chi connectivity index (χ1v) is 12.4. The number of fused-ring (bicyclic) bond motifs is 2. The predicted molar refractivity (Wildman–Crippen MR) is 136 cm³/mol. The fourth-order valence-electron chi connectivity index (χ4n) is 4.26. The summed E-state index contributed by atoms with van der Waals surface area (Å²) < 4.78 is 5.52. The van der Waals surface area contributed by atoms with Crippen molar-refractivity contribution in [2.75, 3.05) is 27.2 Å². The summed E-state index contributed by atoms with van der Waals surface area (Å²) in [6.07, 6.45) is 12.7. The first-order valence-electron chi connectivity index (χ1n) is 12.4. The first-order chi connectivity index (χ1) is 15.6. The van der Waals surface area contributed by atoms with Crippen molar-refractivity contribution in [3.05, 3.63) is 60.2 Å². The number of ether oxygens (including phenoxy) is 1. The van der Waals surface area contributed by atoms with Crippen LogP contribution in [-0.4, -0.2) is 38.1 Å². The van der Waals surface area contributed by atoms with Crippen molar-refractivity contribution in [3.63, 3.8) is 0 Å². The van der Waals surface area contributed by atoms with Crippen LogP contribution >= 0.6 is 0 Å². The van der Waals surface area contributed by atoms with E-state index in [-0.39, 0.29) is 5.97 Å². The molecule has 0 aromatic heterocycles. The lowest BCUT2D eigenvalue weighted by Gasteiger charge is -2.08. The van der Waals surface area contributed by atoms with Crippen LogP contribution in [0, 0.1) is 0 Å². The molecule has 0 spiro atoms. The van der Waals surface area contributed by atoms with E-state index in [2.05, 4.69) is 49.3 Å². The van der Waals surface area contributed by atoms with Gasteiger partial charge in [-0.25, -0.2) is 4.79 Å². The van der Waals surface area contributed by atoms with E-state index in [1.165, 1.54) is 68.7 Å². The summed E-state index contributed by atoms with van der Waals surface area (Å²) in [5.74, 6) is -0.214. The van der Waals surface area contributed by atoms with Gasteiger partial charge < -0.3 is 9.64 Å². The molecule has 3 aromatic carbocycles. The minimum atomic E-state index is -0.214. The fraction of sp³-hybridized carbons (Fsp3) is 0.483. The second-order valence-electron chi connectivity index (χ2n) is 9.24. The van der Waals surface area contributed by atoms with Gasteiger partial charge in [0, 0.05) is 0 Å². The van der Waals surface area contributed by atoms with E-state index in [1.807, 2.05) is 24.3 Å². The molecule has 0 amide bonds. The van der Waals surface area contributed by atoms with E-state index in [9.17, 15) is 4.79 Å². The molecule has 0 fully saturated rings. The number of carbonyl (C=O) groups excluding carboxylic acids is 1. The van der Waals surface area contributed by atoms with Gasteiger partial charge >= 0.3 is 5.97 Å². The molecule has 0 N–H and O–H groups in total. The van der Waals surface area contributed by atoms with E-state index < -0.39 is 0 Å². The highest BCUT2D eigenvalue weighted by Gasteiger charge is 2.08. The van der Waals surface area contributed by atoms with Gasteiger partial charge in [0.15, 0.2) is 0 Å². The predicted octanol–water partition coefficient (Wildman–Crippen LogP) is 7.61. The van der Waals surface area contributed by atoms with Crippen molar-refractivity contribution in [3.8, 4) is 0 Å². The van der Waals surface area contributed by atoms with E-state index in [0.29, 0.717) is 12.2 Å².